The van der Waals surface area contributed by atoms with Gasteiger partial charge >= 0.3 is 0 Å². The lowest BCUT2D eigenvalue weighted by molar-refractivity contribution is 0.572. The zero-order valence-electron chi connectivity index (χ0n) is 10.6. The maximum absolute atomic E-state index is 4.48. The predicted molar refractivity (Wildman–Crippen MR) is 71.4 cm³/mol. The molecule has 1 atom stereocenters. The van der Waals surface area contributed by atoms with Gasteiger partial charge in [-0.25, -0.2) is 4.98 Å². The average molecular weight is 229 g/mol. The zero-order chi connectivity index (χ0) is 12.3. The molecule has 1 aromatic heterocycles. The van der Waals surface area contributed by atoms with Crippen molar-refractivity contribution >= 4 is 5.95 Å². The molecule has 0 aliphatic heterocycles. The Morgan fingerprint density at radius 3 is 2.59 bits per heavy atom. The van der Waals surface area contributed by atoms with Gasteiger partial charge in [0, 0.05) is 13.2 Å². The third-order valence-electron chi connectivity index (χ3n) is 2.98. The van der Waals surface area contributed by atoms with Gasteiger partial charge in [-0.2, -0.15) is 0 Å². The zero-order valence-corrected chi connectivity index (χ0v) is 10.6. The molecule has 2 rings (SSSR count). The van der Waals surface area contributed by atoms with E-state index in [2.05, 4.69) is 52.3 Å². The number of rotatable bonds is 4. The van der Waals surface area contributed by atoms with Crippen molar-refractivity contribution < 1.29 is 0 Å². The standard InChI is InChI=1S/C14H19N3/c1-4-13(12-8-6-5-7-9-12)17-10-11(2)16-14(17)15-3/h5-10,13H,4H2,1-3H3,(H,15,16). The number of benzene rings is 1. The van der Waals surface area contributed by atoms with Gasteiger partial charge in [0.05, 0.1) is 11.7 Å². The quantitative estimate of drug-likeness (QED) is 0.872. The van der Waals surface area contributed by atoms with E-state index in [4.69, 9.17) is 0 Å². The second kappa shape index (κ2) is 5.04. The predicted octanol–water partition coefficient (Wildman–Crippen LogP) is 3.23. The lowest BCUT2D eigenvalue weighted by Gasteiger charge is -2.19. The van der Waals surface area contributed by atoms with E-state index in [9.17, 15) is 0 Å². The normalized spacial score (nSPS) is 12.4. The van der Waals surface area contributed by atoms with Crippen molar-refractivity contribution in [2.45, 2.75) is 26.3 Å². The number of aromatic nitrogens is 2. The number of hydrogen-bond acceptors (Lipinski definition) is 2. The minimum atomic E-state index is 0.347. The van der Waals surface area contributed by atoms with Crippen LogP contribution >= 0.6 is 0 Å². The number of nitrogens with zero attached hydrogens (tertiary/aromatic N) is 2. The molecule has 3 nitrogen and oxygen atoms in total. The van der Waals surface area contributed by atoms with E-state index in [1.54, 1.807) is 0 Å². The lowest BCUT2D eigenvalue weighted by atomic mass is 10.0. The van der Waals surface area contributed by atoms with Crippen LogP contribution < -0.4 is 5.32 Å². The van der Waals surface area contributed by atoms with Crippen LogP contribution in [0, 0.1) is 6.92 Å². The smallest absolute Gasteiger partial charge is 0.203 e. The number of hydrogen-bond donors (Lipinski definition) is 1. The largest absolute Gasteiger partial charge is 0.359 e. The van der Waals surface area contributed by atoms with E-state index in [1.165, 1.54) is 5.56 Å². The van der Waals surface area contributed by atoms with Crippen LogP contribution in [0.15, 0.2) is 36.5 Å². The molecule has 0 saturated heterocycles. The van der Waals surface area contributed by atoms with Gasteiger partial charge in [0.1, 0.15) is 0 Å². The summed E-state index contributed by atoms with van der Waals surface area (Å²) < 4.78 is 2.21. The number of anilines is 1. The minimum Gasteiger partial charge on any atom is -0.359 e. The second-order valence-electron chi connectivity index (χ2n) is 4.20. The molecule has 0 aliphatic rings. The highest BCUT2D eigenvalue weighted by Gasteiger charge is 2.15. The Morgan fingerprint density at radius 1 is 1.29 bits per heavy atom. The van der Waals surface area contributed by atoms with Crippen LogP contribution in [0.5, 0.6) is 0 Å². The van der Waals surface area contributed by atoms with Crippen molar-refractivity contribution in [1.82, 2.24) is 9.55 Å². The molecule has 1 heterocycles. The molecule has 0 amide bonds. The minimum absolute atomic E-state index is 0.347. The molecule has 1 unspecified atom stereocenters. The Bertz CT molecular complexity index is 473. The van der Waals surface area contributed by atoms with E-state index >= 15 is 0 Å². The first kappa shape index (κ1) is 11.7. The molecule has 0 fully saturated rings. The fourth-order valence-corrected chi connectivity index (χ4v) is 2.21. The summed E-state index contributed by atoms with van der Waals surface area (Å²) in [5, 5.41) is 3.15. The van der Waals surface area contributed by atoms with Crippen LogP contribution in [0.25, 0.3) is 0 Å². The molecular weight excluding hydrogens is 210 g/mol. The Hall–Kier alpha value is -1.77. The van der Waals surface area contributed by atoms with E-state index in [-0.39, 0.29) is 0 Å². The highest BCUT2D eigenvalue weighted by atomic mass is 15.2. The number of imidazole rings is 1. The van der Waals surface area contributed by atoms with E-state index in [1.807, 2.05) is 20.0 Å². The first-order chi connectivity index (χ1) is 8.26. The van der Waals surface area contributed by atoms with E-state index in [0.717, 1.165) is 18.1 Å². The van der Waals surface area contributed by atoms with Crippen LogP contribution in [0.3, 0.4) is 0 Å². The number of nitrogens with one attached hydrogen (secondary N) is 1. The Balaban J connectivity index is 2.42. The fraction of sp³-hybridized carbons (Fsp3) is 0.357. The molecule has 0 saturated carbocycles. The summed E-state index contributed by atoms with van der Waals surface area (Å²) in [6, 6.07) is 10.9. The third kappa shape index (κ3) is 2.33. The SMILES string of the molecule is CCC(c1ccccc1)n1cc(C)nc1NC. The van der Waals surface area contributed by atoms with Crippen molar-refractivity contribution in [2.24, 2.45) is 0 Å². The van der Waals surface area contributed by atoms with Crippen molar-refractivity contribution in [3.8, 4) is 0 Å². The van der Waals surface area contributed by atoms with Gasteiger partial charge in [-0.3, -0.25) is 0 Å². The van der Waals surface area contributed by atoms with Crippen LogP contribution in [0.4, 0.5) is 5.95 Å². The average Bonchev–Trinajstić information content (AvgIpc) is 2.73. The molecule has 1 aromatic carbocycles. The molecule has 90 valence electrons. The summed E-state index contributed by atoms with van der Waals surface area (Å²) in [4.78, 5) is 4.48. The topological polar surface area (TPSA) is 29.9 Å². The van der Waals surface area contributed by atoms with Crippen LogP contribution in [-0.4, -0.2) is 16.6 Å². The van der Waals surface area contributed by atoms with Gasteiger partial charge in [0.25, 0.3) is 0 Å². The molecular formula is C14H19N3. The summed E-state index contributed by atoms with van der Waals surface area (Å²) in [5.41, 5.74) is 2.37. The number of aryl methyl sites for hydroxylation is 1. The van der Waals surface area contributed by atoms with Crippen LogP contribution in [0.2, 0.25) is 0 Å². The molecule has 0 radical (unpaired) electrons. The molecule has 3 heteroatoms. The van der Waals surface area contributed by atoms with Gasteiger partial charge in [-0.05, 0) is 18.9 Å². The Kier molecular flexibility index (Phi) is 3.47. The molecule has 0 bridgehead atoms. The molecule has 1 N–H and O–H groups in total. The lowest BCUT2D eigenvalue weighted by Crippen LogP contribution is -2.11. The van der Waals surface area contributed by atoms with Crippen molar-refractivity contribution in [2.75, 3.05) is 12.4 Å². The first-order valence-corrected chi connectivity index (χ1v) is 6.04. The maximum Gasteiger partial charge on any atom is 0.203 e. The molecule has 0 spiro atoms. The summed E-state index contributed by atoms with van der Waals surface area (Å²) in [7, 11) is 1.91. The highest BCUT2D eigenvalue weighted by molar-refractivity contribution is 5.32. The first-order valence-electron chi connectivity index (χ1n) is 6.04. The summed E-state index contributed by atoms with van der Waals surface area (Å²) in [6.07, 6.45) is 3.15. The van der Waals surface area contributed by atoms with E-state index in [0.29, 0.717) is 6.04 Å². The molecule has 2 aromatic rings. The molecule has 0 aliphatic carbocycles. The van der Waals surface area contributed by atoms with Crippen molar-refractivity contribution in [3.05, 3.63) is 47.8 Å². The van der Waals surface area contributed by atoms with Gasteiger partial charge in [0.15, 0.2) is 0 Å². The fourth-order valence-electron chi connectivity index (χ4n) is 2.21. The summed E-state index contributed by atoms with van der Waals surface area (Å²) >= 11 is 0. The van der Waals surface area contributed by atoms with E-state index < -0.39 is 0 Å². The van der Waals surface area contributed by atoms with Gasteiger partial charge in [0.2, 0.25) is 5.95 Å². The van der Waals surface area contributed by atoms with Gasteiger partial charge < -0.3 is 9.88 Å². The van der Waals surface area contributed by atoms with Gasteiger partial charge in [-0.1, -0.05) is 37.3 Å². The summed E-state index contributed by atoms with van der Waals surface area (Å²) in [6.45, 7) is 4.22. The summed E-state index contributed by atoms with van der Waals surface area (Å²) in [5.74, 6) is 0.929. The third-order valence-corrected chi connectivity index (χ3v) is 2.98. The van der Waals surface area contributed by atoms with Crippen LogP contribution in [-0.2, 0) is 0 Å². The van der Waals surface area contributed by atoms with Crippen molar-refractivity contribution in [1.29, 1.82) is 0 Å². The van der Waals surface area contributed by atoms with Crippen molar-refractivity contribution in [3.63, 3.8) is 0 Å². The van der Waals surface area contributed by atoms with Gasteiger partial charge in [-0.15, -0.1) is 0 Å². The molecule has 17 heavy (non-hydrogen) atoms. The second-order valence-corrected chi connectivity index (χ2v) is 4.20. The highest BCUT2D eigenvalue weighted by Crippen LogP contribution is 2.25. The monoisotopic (exact) mass is 229 g/mol. The van der Waals surface area contributed by atoms with Crippen LogP contribution in [0.1, 0.15) is 30.6 Å². The Morgan fingerprint density at radius 2 is 2.00 bits per heavy atom. The maximum atomic E-state index is 4.48. The Labute approximate surface area is 103 Å².